The molecule has 0 radical (unpaired) electrons. The maximum absolute atomic E-state index is 4.82. The third-order valence-electron chi connectivity index (χ3n) is 3.54. The number of nitrogens with zero attached hydrogens (tertiary/aromatic N) is 1. The fraction of sp³-hybridized carbons (Fsp3) is 0.118. The normalized spacial score (nSPS) is 11.1. The number of hydrogen-bond acceptors (Lipinski definition) is 1. The molecule has 0 saturated carbocycles. The zero-order valence-corrected chi connectivity index (χ0v) is 20.4. The Bertz CT molecular complexity index is 918. The summed E-state index contributed by atoms with van der Waals surface area (Å²) in [6.45, 7) is 2.05. The Morgan fingerprint density at radius 3 is 2.42 bits per heavy atom. The molecule has 2 nitrogen and oxygen atoms in total. The van der Waals surface area contributed by atoms with Crippen molar-refractivity contribution in [1.29, 1.82) is 0 Å². The molecule has 24 heavy (non-hydrogen) atoms. The molecule has 0 aliphatic rings. The minimum absolute atomic E-state index is 0.713. The van der Waals surface area contributed by atoms with Gasteiger partial charge in [0.15, 0.2) is 0 Å². The summed E-state index contributed by atoms with van der Waals surface area (Å²) in [4.78, 5) is 8.23. The minimum atomic E-state index is 0.713. The molecule has 0 fully saturated rings. The van der Waals surface area contributed by atoms with E-state index in [2.05, 4.69) is 96.8 Å². The molecule has 0 bridgehead atoms. The van der Waals surface area contributed by atoms with E-state index < -0.39 is 0 Å². The van der Waals surface area contributed by atoms with E-state index in [4.69, 9.17) is 4.98 Å². The first-order chi connectivity index (χ1) is 11.3. The zero-order chi connectivity index (χ0) is 17.4. The molecular weight excluding hydrogens is 632 g/mol. The van der Waals surface area contributed by atoms with Gasteiger partial charge in [-0.2, -0.15) is 0 Å². The van der Waals surface area contributed by atoms with Gasteiger partial charge in [0.1, 0.15) is 5.82 Å². The van der Waals surface area contributed by atoms with E-state index >= 15 is 0 Å². The topological polar surface area (TPSA) is 28.7 Å². The molecule has 0 unspecified atom stereocenters. The van der Waals surface area contributed by atoms with E-state index in [1.165, 1.54) is 0 Å². The number of H-pyrrole nitrogens is 1. The van der Waals surface area contributed by atoms with Gasteiger partial charge in [0, 0.05) is 40.0 Å². The second-order valence-corrected chi connectivity index (χ2v) is 9.65. The second kappa shape index (κ2) is 7.74. The van der Waals surface area contributed by atoms with Crippen molar-refractivity contribution in [1.82, 2.24) is 9.97 Å². The SMILES string of the molecule is Cc1[nH]c(Cc2cc(Br)cc(Br)c2Br)nc1-c1cc(Br)ccc1Br. The molecule has 7 heteroatoms. The minimum Gasteiger partial charge on any atom is -0.345 e. The highest BCUT2D eigenvalue weighted by Gasteiger charge is 2.14. The van der Waals surface area contributed by atoms with E-state index in [0.717, 1.165) is 50.7 Å². The van der Waals surface area contributed by atoms with Gasteiger partial charge in [0.2, 0.25) is 0 Å². The summed E-state index contributed by atoms with van der Waals surface area (Å²) in [5.74, 6) is 0.931. The van der Waals surface area contributed by atoms with Crippen molar-refractivity contribution < 1.29 is 0 Å². The number of nitrogens with one attached hydrogen (secondary N) is 1. The molecule has 1 heterocycles. The van der Waals surface area contributed by atoms with Crippen molar-refractivity contribution >= 4 is 79.6 Å². The number of aromatic nitrogens is 2. The molecule has 0 amide bonds. The lowest BCUT2D eigenvalue weighted by Gasteiger charge is -2.06. The summed E-state index contributed by atoms with van der Waals surface area (Å²) in [6, 6.07) is 10.2. The van der Waals surface area contributed by atoms with Crippen LogP contribution in [0.25, 0.3) is 11.3 Å². The van der Waals surface area contributed by atoms with Crippen molar-refractivity contribution in [2.45, 2.75) is 13.3 Å². The molecule has 2 aromatic carbocycles. The van der Waals surface area contributed by atoms with Crippen LogP contribution in [-0.4, -0.2) is 9.97 Å². The van der Waals surface area contributed by atoms with Crippen molar-refractivity contribution in [3.05, 3.63) is 69.8 Å². The molecule has 1 N–H and O–H groups in total. The van der Waals surface area contributed by atoms with E-state index in [0.29, 0.717) is 6.42 Å². The molecule has 0 aliphatic carbocycles. The van der Waals surface area contributed by atoms with Crippen LogP contribution in [0, 0.1) is 6.92 Å². The molecule has 0 atom stereocenters. The quantitative estimate of drug-likeness (QED) is 0.291. The van der Waals surface area contributed by atoms with Crippen LogP contribution in [0.5, 0.6) is 0 Å². The van der Waals surface area contributed by atoms with Gasteiger partial charge in [0.25, 0.3) is 0 Å². The standard InChI is InChI=1S/C17H11Br5N2/c1-8-17(12-6-10(18)2-3-13(12)20)24-15(23-8)5-9-4-11(19)7-14(21)16(9)22/h2-4,6-7H,5H2,1H3,(H,23,24). The van der Waals surface area contributed by atoms with Gasteiger partial charge in [-0.3, -0.25) is 0 Å². The highest BCUT2D eigenvalue weighted by Crippen LogP contribution is 2.34. The number of rotatable bonds is 3. The lowest BCUT2D eigenvalue weighted by molar-refractivity contribution is 1.01. The van der Waals surface area contributed by atoms with E-state index in [1.54, 1.807) is 0 Å². The average Bonchev–Trinajstić information content (AvgIpc) is 2.87. The van der Waals surface area contributed by atoms with Crippen molar-refractivity contribution in [3.63, 3.8) is 0 Å². The molecule has 0 spiro atoms. The number of hydrogen-bond donors (Lipinski definition) is 1. The monoisotopic (exact) mass is 638 g/mol. The number of aryl methyl sites for hydroxylation is 1. The van der Waals surface area contributed by atoms with E-state index in [-0.39, 0.29) is 0 Å². The molecule has 124 valence electrons. The van der Waals surface area contributed by atoms with Crippen LogP contribution in [0.1, 0.15) is 17.1 Å². The third-order valence-corrected chi connectivity index (χ3v) is 7.28. The van der Waals surface area contributed by atoms with Gasteiger partial charge >= 0.3 is 0 Å². The average molecular weight is 643 g/mol. The lowest BCUT2D eigenvalue weighted by Crippen LogP contribution is -1.93. The van der Waals surface area contributed by atoms with Crippen LogP contribution in [0.4, 0.5) is 0 Å². The summed E-state index contributed by atoms with van der Waals surface area (Å²) >= 11 is 17.9. The summed E-state index contributed by atoms with van der Waals surface area (Å²) in [6.07, 6.45) is 0.713. The van der Waals surface area contributed by atoms with Gasteiger partial charge in [-0.1, -0.05) is 47.8 Å². The molecule has 3 rings (SSSR count). The molecular formula is C17H11Br5N2. The van der Waals surface area contributed by atoms with Crippen LogP contribution in [0.2, 0.25) is 0 Å². The fourth-order valence-corrected chi connectivity index (χ4v) is 4.94. The van der Waals surface area contributed by atoms with Gasteiger partial charge in [0.05, 0.1) is 5.69 Å². The smallest absolute Gasteiger partial charge is 0.111 e. The Balaban J connectivity index is 2.00. The summed E-state index contributed by atoms with van der Waals surface area (Å²) < 4.78 is 5.16. The van der Waals surface area contributed by atoms with Crippen molar-refractivity contribution in [2.75, 3.05) is 0 Å². The lowest BCUT2D eigenvalue weighted by atomic mass is 10.1. The highest BCUT2D eigenvalue weighted by atomic mass is 79.9. The maximum atomic E-state index is 4.82. The largest absolute Gasteiger partial charge is 0.345 e. The van der Waals surface area contributed by atoms with Crippen molar-refractivity contribution in [2.24, 2.45) is 0 Å². The second-order valence-electron chi connectivity index (χ2n) is 5.32. The number of benzene rings is 2. The number of aromatic amines is 1. The predicted octanol–water partition coefficient (Wildman–Crippen LogP) is 7.79. The van der Waals surface area contributed by atoms with E-state index in [9.17, 15) is 0 Å². The Morgan fingerprint density at radius 2 is 1.67 bits per heavy atom. The van der Waals surface area contributed by atoms with Crippen LogP contribution >= 0.6 is 79.6 Å². The van der Waals surface area contributed by atoms with Crippen molar-refractivity contribution in [3.8, 4) is 11.3 Å². The Morgan fingerprint density at radius 1 is 0.917 bits per heavy atom. The Labute approximate surface area is 182 Å². The molecule has 0 aliphatic heterocycles. The van der Waals surface area contributed by atoms with Gasteiger partial charge in [-0.25, -0.2) is 4.98 Å². The first-order valence-corrected chi connectivity index (χ1v) is 11.0. The summed E-state index contributed by atoms with van der Waals surface area (Å²) in [5, 5.41) is 0. The van der Waals surface area contributed by atoms with Gasteiger partial charge in [-0.05, 0) is 74.7 Å². The fourth-order valence-electron chi connectivity index (χ4n) is 2.47. The highest BCUT2D eigenvalue weighted by molar-refractivity contribution is 9.13. The van der Waals surface area contributed by atoms with Crippen LogP contribution in [-0.2, 0) is 6.42 Å². The number of imidazole rings is 1. The molecule has 1 aromatic heterocycles. The predicted molar refractivity (Wildman–Crippen MR) is 117 cm³/mol. The first kappa shape index (κ1) is 18.8. The van der Waals surface area contributed by atoms with Crippen LogP contribution in [0.3, 0.4) is 0 Å². The van der Waals surface area contributed by atoms with E-state index in [1.807, 2.05) is 25.1 Å². The van der Waals surface area contributed by atoms with Crippen LogP contribution < -0.4 is 0 Å². The van der Waals surface area contributed by atoms with Crippen LogP contribution in [0.15, 0.2) is 52.7 Å². The maximum Gasteiger partial charge on any atom is 0.111 e. The Kier molecular flexibility index (Phi) is 6.07. The zero-order valence-electron chi connectivity index (χ0n) is 12.4. The van der Waals surface area contributed by atoms with Gasteiger partial charge in [-0.15, -0.1) is 0 Å². The Hall–Kier alpha value is 0.0500. The molecule has 0 saturated heterocycles. The van der Waals surface area contributed by atoms with Gasteiger partial charge < -0.3 is 4.98 Å². The third kappa shape index (κ3) is 4.06. The summed E-state index contributed by atoms with van der Waals surface area (Å²) in [5.41, 5.74) is 4.24. The summed E-state index contributed by atoms with van der Waals surface area (Å²) in [7, 11) is 0. The first-order valence-electron chi connectivity index (χ1n) is 6.99. The molecule has 3 aromatic rings. The number of halogens is 5.